The van der Waals surface area contributed by atoms with Gasteiger partial charge in [-0.25, -0.2) is 0 Å². The fourth-order valence-corrected chi connectivity index (χ4v) is 2.21. The summed E-state index contributed by atoms with van der Waals surface area (Å²) in [4.78, 5) is 0. The number of hydrogen-bond donors (Lipinski definition) is 1. The topological polar surface area (TPSA) is 34.4 Å². The Balaban J connectivity index is 1.80. The summed E-state index contributed by atoms with van der Waals surface area (Å²) in [5.74, 6) is 0.967. The van der Waals surface area contributed by atoms with Gasteiger partial charge in [0.2, 0.25) is 0 Å². The standard InChI is InChI=1S/C11H16BrNO2/c1-8-6-9(2-4-14-8)13-7-11-10(12)3-5-15-11/h3,5,8-9,13H,2,4,6-7H2,1H3. The van der Waals surface area contributed by atoms with E-state index in [1.54, 1.807) is 6.26 Å². The molecule has 0 aromatic carbocycles. The molecule has 2 unspecified atom stereocenters. The van der Waals surface area contributed by atoms with Crippen LogP contribution in [0.15, 0.2) is 21.2 Å². The molecule has 1 saturated heterocycles. The second-order valence-corrected chi connectivity index (χ2v) is 4.83. The average Bonchev–Trinajstić information content (AvgIpc) is 2.61. The monoisotopic (exact) mass is 273 g/mol. The molecule has 4 heteroatoms. The summed E-state index contributed by atoms with van der Waals surface area (Å²) in [6.45, 7) is 3.76. The van der Waals surface area contributed by atoms with Crippen molar-refractivity contribution in [1.29, 1.82) is 0 Å². The third kappa shape index (κ3) is 3.06. The molecule has 0 aliphatic carbocycles. The van der Waals surface area contributed by atoms with Gasteiger partial charge < -0.3 is 14.5 Å². The number of halogens is 1. The van der Waals surface area contributed by atoms with Gasteiger partial charge in [-0.15, -0.1) is 0 Å². The van der Waals surface area contributed by atoms with E-state index in [0.717, 1.165) is 36.2 Å². The Hall–Kier alpha value is -0.320. The van der Waals surface area contributed by atoms with Crippen LogP contribution in [0.25, 0.3) is 0 Å². The molecule has 15 heavy (non-hydrogen) atoms. The highest BCUT2D eigenvalue weighted by Gasteiger charge is 2.19. The number of rotatable bonds is 3. The largest absolute Gasteiger partial charge is 0.467 e. The first-order chi connectivity index (χ1) is 7.25. The van der Waals surface area contributed by atoms with Gasteiger partial charge in [0.15, 0.2) is 0 Å². The van der Waals surface area contributed by atoms with Crippen molar-refractivity contribution in [3.8, 4) is 0 Å². The van der Waals surface area contributed by atoms with Crippen molar-refractivity contribution in [2.24, 2.45) is 0 Å². The number of hydrogen-bond acceptors (Lipinski definition) is 3. The molecule has 0 bridgehead atoms. The second-order valence-electron chi connectivity index (χ2n) is 3.98. The van der Waals surface area contributed by atoms with E-state index in [9.17, 15) is 0 Å². The molecule has 84 valence electrons. The number of ether oxygens (including phenoxy) is 1. The maximum atomic E-state index is 5.50. The summed E-state index contributed by atoms with van der Waals surface area (Å²) < 4.78 is 11.9. The van der Waals surface area contributed by atoms with Gasteiger partial charge in [0, 0.05) is 12.6 Å². The van der Waals surface area contributed by atoms with Gasteiger partial charge in [0.25, 0.3) is 0 Å². The summed E-state index contributed by atoms with van der Waals surface area (Å²) in [5.41, 5.74) is 0. The van der Waals surface area contributed by atoms with Crippen LogP contribution < -0.4 is 5.32 Å². The van der Waals surface area contributed by atoms with Gasteiger partial charge in [0.1, 0.15) is 5.76 Å². The van der Waals surface area contributed by atoms with E-state index in [-0.39, 0.29) is 0 Å². The van der Waals surface area contributed by atoms with Crippen LogP contribution in [0.5, 0.6) is 0 Å². The molecule has 1 aliphatic rings. The lowest BCUT2D eigenvalue weighted by Crippen LogP contribution is -2.37. The van der Waals surface area contributed by atoms with Crippen molar-refractivity contribution in [1.82, 2.24) is 5.32 Å². The Bertz CT molecular complexity index is 313. The van der Waals surface area contributed by atoms with Gasteiger partial charge in [0.05, 0.1) is 23.4 Å². The fourth-order valence-electron chi connectivity index (χ4n) is 1.87. The minimum atomic E-state index is 0.372. The lowest BCUT2D eigenvalue weighted by molar-refractivity contribution is 0.0127. The van der Waals surface area contributed by atoms with Crippen LogP contribution in [-0.4, -0.2) is 18.8 Å². The predicted octanol–water partition coefficient (Wildman–Crippen LogP) is 2.70. The van der Waals surface area contributed by atoms with E-state index in [1.165, 1.54) is 0 Å². The first-order valence-corrected chi connectivity index (χ1v) is 6.12. The van der Waals surface area contributed by atoms with Crippen LogP contribution in [0.2, 0.25) is 0 Å². The summed E-state index contributed by atoms with van der Waals surface area (Å²) in [5, 5.41) is 3.49. The fraction of sp³-hybridized carbons (Fsp3) is 0.636. The maximum Gasteiger partial charge on any atom is 0.131 e. The van der Waals surface area contributed by atoms with Crippen molar-refractivity contribution in [3.63, 3.8) is 0 Å². The van der Waals surface area contributed by atoms with Gasteiger partial charge in [-0.2, -0.15) is 0 Å². The van der Waals surface area contributed by atoms with Crippen molar-refractivity contribution < 1.29 is 9.15 Å². The summed E-state index contributed by atoms with van der Waals surface area (Å²) >= 11 is 3.44. The van der Waals surface area contributed by atoms with Crippen molar-refractivity contribution in [2.45, 2.75) is 38.5 Å². The van der Waals surface area contributed by atoms with Crippen LogP contribution in [0.3, 0.4) is 0 Å². The lowest BCUT2D eigenvalue weighted by Gasteiger charge is -2.27. The molecule has 0 amide bonds. The normalized spacial score (nSPS) is 26.8. The smallest absolute Gasteiger partial charge is 0.131 e. The Morgan fingerprint density at radius 2 is 2.47 bits per heavy atom. The zero-order chi connectivity index (χ0) is 10.7. The van der Waals surface area contributed by atoms with Crippen LogP contribution in [0.4, 0.5) is 0 Å². The molecule has 0 radical (unpaired) electrons. The molecule has 0 spiro atoms. The van der Waals surface area contributed by atoms with E-state index in [0.29, 0.717) is 12.1 Å². The van der Waals surface area contributed by atoms with Gasteiger partial charge in [-0.1, -0.05) is 0 Å². The average molecular weight is 274 g/mol. The van der Waals surface area contributed by atoms with Gasteiger partial charge >= 0.3 is 0 Å². The highest BCUT2D eigenvalue weighted by atomic mass is 79.9. The molecule has 0 saturated carbocycles. The molecule has 1 fully saturated rings. The maximum absolute atomic E-state index is 5.50. The minimum absolute atomic E-state index is 0.372. The Kier molecular flexibility index (Phi) is 3.83. The molecule has 1 aliphatic heterocycles. The first-order valence-electron chi connectivity index (χ1n) is 5.32. The van der Waals surface area contributed by atoms with Crippen LogP contribution >= 0.6 is 15.9 Å². The Morgan fingerprint density at radius 1 is 1.60 bits per heavy atom. The molecule has 3 nitrogen and oxygen atoms in total. The predicted molar refractivity (Wildman–Crippen MR) is 61.7 cm³/mol. The molecule has 1 aromatic heterocycles. The Morgan fingerprint density at radius 3 is 3.13 bits per heavy atom. The number of nitrogens with one attached hydrogen (secondary N) is 1. The summed E-state index contributed by atoms with van der Waals surface area (Å²) in [7, 11) is 0. The van der Waals surface area contributed by atoms with E-state index >= 15 is 0 Å². The molecule has 1 aromatic rings. The highest BCUT2D eigenvalue weighted by Crippen LogP contribution is 2.19. The third-order valence-corrected chi connectivity index (χ3v) is 3.43. The van der Waals surface area contributed by atoms with Crippen LogP contribution in [-0.2, 0) is 11.3 Å². The van der Waals surface area contributed by atoms with Crippen molar-refractivity contribution in [2.75, 3.05) is 6.61 Å². The zero-order valence-corrected chi connectivity index (χ0v) is 10.4. The molecule has 2 atom stereocenters. The quantitative estimate of drug-likeness (QED) is 0.920. The SMILES string of the molecule is CC1CC(NCc2occc2Br)CCO1. The first kappa shape index (κ1) is 11.2. The van der Waals surface area contributed by atoms with E-state index < -0.39 is 0 Å². The zero-order valence-electron chi connectivity index (χ0n) is 8.83. The van der Waals surface area contributed by atoms with Crippen LogP contribution in [0.1, 0.15) is 25.5 Å². The van der Waals surface area contributed by atoms with E-state index in [2.05, 4.69) is 28.2 Å². The van der Waals surface area contributed by atoms with Crippen LogP contribution in [0, 0.1) is 0 Å². The second kappa shape index (κ2) is 5.14. The third-order valence-electron chi connectivity index (χ3n) is 2.73. The lowest BCUT2D eigenvalue weighted by atomic mass is 10.0. The van der Waals surface area contributed by atoms with E-state index in [4.69, 9.17) is 9.15 Å². The van der Waals surface area contributed by atoms with Crippen molar-refractivity contribution in [3.05, 3.63) is 22.6 Å². The Labute approximate surface area is 98.3 Å². The summed E-state index contributed by atoms with van der Waals surface area (Å²) in [6, 6.07) is 2.47. The van der Waals surface area contributed by atoms with Gasteiger partial charge in [-0.05, 0) is 41.8 Å². The number of furan rings is 1. The highest BCUT2D eigenvalue weighted by molar-refractivity contribution is 9.10. The molecular weight excluding hydrogens is 258 g/mol. The molecular formula is C11H16BrNO2. The van der Waals surface area contributed by atoms with Gasteiger partial charge in [-0.3, -0.25) is 0 Å². The van der Waals surface area contributed by atoms with Crippen molar-refractivity contribution >= 4 is 15.9 Å². The molecule has 2 heterocycles. The minimum Gasteiger partial charge on any atom is -0.467 e. The molecule has 2 rings (SSSR count). The summed E-state index contributed by atoms with van der Waals surface area (Å²) in [6.07, 6.45) is 4.24. The molecule has 1 N–H and O–H groups in total. The van der Waals surface area contributed by atoms with E-state index in [1.807, 2.05) is 6.07 Å².